The number of rotatable bonds is 6. The van der Waals surface area contributed by atoms with Crippen molar-refractivity contribution < 1.29 is 9.90 Å². The number of hydrogen-bond donors (Lipinski definition) is 2. The summed E-state index contributed by atoms with van der Waals surface area (Å²) in [5.74, 6) is -0.320. The van der Waals surface area contributed by atoms with Crippen LogP contribution in [0.25, 0.3) is 0 Å². The third kappa shape index (κ3) is 5.92. The Labute approximate surface area is 73.5 Å². The average molecular weight is 171 g/mol. The molecule has 0 saturated carbocycles. The van der Waals surface area contributed by atoms with Gasteiger partial charge >= 0.3 is 0 Å². The maximum atomic E-state index is 10.7. The number of aliphatic hydroxyl groups is 1. The quantitative estimate of drug-likeness (QED) is 0.358. The molecule has 0 aliphatic rings. The lowest BCUT2D eigenvalue weighted by Crippen LogP contribution is -2.33. The van der Waals surface area contributed by atoms with Crippen LogP contribution in [0.1, 0.15) is 32.6 Å². The Morgan fingerprint density at radius 2 is 2.33 bits per heavy atom. The lowest BCUT2D eigenvalue weighted by molar-refractivity contribution is -0.119. The van der Waals surface area contributed by atoms with E-state index in [1.165, 1.54) is 0 Å². The summed E-state index contributed by atoms with van der Waals surface area (Å²) in [5, 5.41) is 11.6. The highest BCUT2D eigenvalue weighted by atomic mass is 16.3. The highest BCUT2D eigenvalue weighted by Crippen LogP contribution is 2.00. The summed E-state index contributed by atoms with van der Waals surface area (Å²) < 4.78 is 0. The molecule has 2 N–H and O–H groups in total. The van der Waals surface area contributed by atoms with Crippen molar-refractivity contribution in [1.29, 1.82) is 0 Å². The van der Waals surface area contributed by atoms with Gasteiger partial charge in [-0.3, -0.25) is 4.79 Å². The van der Waals surface area contributed by atoms with E-state index in [4.69, 9.17) is 0 Å². The van der Waals surface area contributed by atoms with E-state index in [2.05, 4.69) is 18.8 Å². The van der Waals surface area contributed by atoms with Gasteiger partial charge in [-0.15, -0.1) is 0 Å². The van der Waals surface area contributed by atoms with Crippen LogP contribution in [0.2, 0.25) is 0 Å². The van der Waals surface area contributed by atoms with Crippen LogP contribution in [0, 0.1) is 0 Å². The van der Waals surface area contributed by atoms with E-state index in [1.807, 2.05) is 0 Å². The Hall–Kier alpha value is -0.830. The van der Waals surface area contributed by atoms with Gasteiger partial charge in [-0.2, -0.15) is 0 Å². The van der Waals surface area contributed by atoms with Crippen molar-refractivity contribution in [2.75, 3.05) is 0 Å². The van der Waals surface area contributed by atoms with Crippen LogP contribution in [-0.4, -0.2) is 17.2 Å². The van der Waals surface area contributed by atoms with E-state index in [-0.39, 0.29) is 5.91 Å². The Balaban J connectivity index is 3.38. The Bertz CT molecular complexity index is 145. The smallest absolute Gasteiger partial charge is 0.245 e. The highest BCUT2D eigenvalue weighted by Gasteiger charge is 2.04. The molecule has 0 radical (unpaired) electrons. The number of amides is 1. The molecule has 1 amide bonds. The van der Waals surface area contributed by atoms with Gasteiger partial charge in [0.2, 0.25) is 5.91 Å². The largest absolute Gasteiger partial charge is 0.374 e. The summed E-state index contributed by atoms with van der Waals surface area (Å²) in [6.07, 6.45) is 4.19. The zero-order chi connectivity index (χ0) is 9.40. The molecule has 0 saturated heterocycles. The molecule has 1 unspecified atom stereocenters. The van der Waals surface area contributed by atoms with E-state index in [0.717, 1.165) is 25.3 Å². The first kappa shape index (κ1) is 11.2. The summed E-state index contributed by atoms with van der Waals surface area (Å²) in [5.41, 5.74) is 0. The van der Waals surface area contributed by atoms with Crippen molar-refractivity contribution in [3.05, 3.63) is 12.7 Å². The lowest BCUT2D eigenvalue weighted by Gasteiger charge is -2.10. The van der Waals surface area contributed by atoms with Crippen molar-refractivity contribution >= 4 is 5.91 Å². The highest BCUT2D eigenvalue weighted by molar-refractivity contribution is 5.86. The van der Waals surface area contributed by atoms with E-state index >= 15 is 0 Å². The lowest BCUT2D eigenvalue weighted by atomic mass is 10.2. The number of carbonyl (C=O) groups is 1. The fraction of sp³-hybridized carbons (Fsp3) is 0.667. The summed E-state index contributed by atoms with van der Waals surface area (Å²) in [6, 6.07) is 0. The molecule has 0 aromatic carbocycles. The standard InChI is InChI=1S/C9H17NO2/c1-3-5-6-7-9(12)10-8(11)4-2/h4,9,12H,2-3,5-7H2,1H3,(H,10,11). The first-order chi connectivity index (χ1) is 5.70. The first-order valence-electron chi connectivity index (χ1n) is 4.31. The summed E-state index contributed by atoms with van der Waals surface area (Å²) in [7, 11) is 0. The van der Waals surface area contributed by atoms with Gasteiger partial charge in [0.1, 0.15) is 6.23 Å². The molecule has 1 atom stereocenters. The molecule has 3 nitrogen and oxygen atoms in total. The van der Waals surface area contributed by atoms with Crippen LogP contribution >= 0.6 is 0 Å². The molecule has 12 heavy (non-hydrogen) atoms. The van der Waals surface area contributed by atoms with E-state index in [9.17, 15) is 9.90 Å². The fourth-order valence-corrected chi connectivity index (χ4v) is 0.883. The monoisotopic (exact) mass is 171 g/mol. The Morgan fingerprint density at radius 3 is 2.83 bits per heavy atom. The predicted octanol–water partition coefficient (Wildman–Crippen LogP) is 1.19. The maximum Gasteiger partial charge on any atom is 0.245 e. The molecule has 0 heterocycles. The van der Waals surface area contributed by atoms with Gasteiger partial charge in [-0.05, 0) is 18.9 Å². The molecule has 0 aromatic heterocycles. The summed E-state index contributed by atoms with van der Waals surface area (Å²) in [6.45, 7) is 5.38. The predicted molar refractivity (Wildman–Crippen MR) is 48.5 cm³/mol. The van der Waals surface area contributed by atoms with E-state index in [0.29, 0.717) is 6.42 Å². The maximum absolute atomic E-state index is 10.7. The summed E-state index contributed by atoms with van der Waals surface area (Å²) >= 11 is 0. The fourth-order valence-electron chi connectivity index (χ4n) is 0.883. The second kappa shape index (κ2) is 6.85. The number of carbonyl (C=O) groups excluding carboxylic acids is 1. The molecule has 0 bridgehead atoms. The molecule has 0 rings (SSSR count). The van der Waals surface area contributed by atoms with Crippen molar-refractivity contribution in [2.45, 2.75) is 38.8 Å². The van der Waals surface area contributed by atoms with Gasteiger partial charge in [-0.1, -0.05) is 26.3 Å². The van der Waals surface area contributed by atoms with E-state index < -0.39 is 6.23 Å². The van der Waals surface area contributed by atoms with Crippen molar-refractivity contribution in [3.63, 3.8) is 0 Å². The first-order valence-corrected chi connectivity index (χ1v) is 4.31. The van der Waals surface area contributed by atoms with Crippen molar-refractivity contribution in [3.8, 4) is 0 Å². The number of aliphatic hydroxyl groups excluding tert-OH is 1. The minimum absolute atomic E-state index is 0.320. The molecule has 0 aliphatic heterocycles. The van der Waals surface area contributed by atoms with Gasteiger partial charge in [0.15, 0.2) is 0 Å². The van der Waals surface area contributed by atoms with Gasteiger partial charge in [0.25, 0.3) is 0 Å². The van der Waals surface area contributed by atoms with Crippen LogP contribution in [0.15, 0.2) is 12.7 Å². The molecular formula is C9H17NO2. The molecule has 3 heteroatoms. The SMILES string of the molecule is C=CC(=O)NC(O)CCCCC. The van der Waals surface area contributed by atoms with Crippen LogP contribution in [0.5, 0.6) is 0 Å². The van der Waals surface area contributed by atoms with E-state index in [1.54, 1.807) is 0 Å². The minimum atomic E-state index is -0.720. The Kier molecular flexibility index (Phi) is 6.38. The molecule has 0 aromatic rings. The number of hydrogen-bond acceptors (Lipinski definition) is 2. The number of unbranched alkanes of at least 4 members (excludes halogenated alkanes) is 2. The van der Waals surface area contributed by atoms with Crippen LogP contribution in [0.3, 0.4) is 0 Å². The summed E-state index contributed by atoms with van der Waals surface area (Å²) in [4.78, 5) is 10.7. The normalized spacial score (nSPS) is 12.2. The van der Waals surface area contributed by atoms with Gasteiger partial charge < -0.3 is 10.4 Å². The molecule has 0 fully saturated rings. The topological polar surface area (TPSA) is 49.3 Å². The number of nitrogens with one attached hydrogen (secondary N) is 1. The van der Waals surface area contributed by atoms with Crippen LogP contribution < -0.4 is 5.32 Å². The van der Waals surface area contributed by atoms with Gasteiger partial charge in [0.05, 0.1) is 0 Å². The second-order valence-electron chi connectivity index (χ2n) is 2.72. The molecule has 0 aliphatic carbocycles. The zero-order valence-electron chi connectivity index (χ0n) is 7.55. The van der Waals surface area contributed by atoms with Crippen LogP contribution in [-0.2, 0) is 4.79 Å². The Morgan fingerprint density at radius 1 is 1.67 bits per heavy atom. The molecule has 70 valence electrons. The van der Waals surface area contributed by atoms with Gasteiger partial charge in [-0.25, -0.2) is 0 Å². The minimum Gasteiger partial charge on any atom is -0.374 e. The molecular weight excluding hydrogens is 154 g/mol. The molecule has 0 spiro atoms. The van der Waals surface area contributed by atoms with Crippen molar-refractivity contribution in [1.82, 2.24) is 5.32 Å². The second-order valence-corrected chi connectivity index (χ2v) is 2.72. The third-order valence-electron chi connectivity index (χ3n) is 1.58. The van der Waals surface area contributed by atoms with Crippen molar-refractivity contribution in [2.24, 2.45) is 0 Å². The third-order valence-corrected chi connectivity index (χ3v) is 1.58. The van der Waals surface area contributed by atoms with Crippen LogP contribution in [0.4, 0.5) is 0 Å². The van der Waals surface area contributed by atoms with Gasteiger partial charge in [0, 0.05) is 0 Å². The zero-order valence-corrected chi connectivity index (χ0v) is 7.55. The average Bonchev–Trinajstić information content (AvgIpc) is 2.05.